The summed E-state index contributed by atoms with van der Waals surface area (Å²) in [5, 5.41) is 3.17. The molecular weight excluding hydrogens is 378 g/mol. The fourth-order valence-electron chi connectivity index (χ4n) is 3.77. The smallest absolute Gasteiger partial charge is 0.213 e. The molecule has 5 heteroatoms. The molecule has 0 saturated heterocycles. The van der Waals surface area contributed by atoms with Crippen LogP contribution in [0.2, 0.25) is 0 Å². The maximum absolute atomic E-state index is 5.26. The van der Waals surface area contributed by atoms with Gasteiger partial charge in [-0.3, -0.25) is 5.10 Å². The number of unbranched alkanes of at least 4 members (excludes halogenated alkanes) is 12. The average Bonchev–Trinajstić information content (AvgIpc) is 3.12. The van der Waals surface area contributed by atoms with Crippen LogP contribution in [0, 0.1) is 4.77 Å². The second kappa shape index (κ2) is 14.4. The molecule has 1 N–H and O–H groups in total. The lowest BCUT2D eigenvalue weighted by Crippen LogP contribution is -2.03. The van der Waals surface area contributed by atoms with Crippen LogP contribution >= 0.6 is 12.2 Å². The second-order valence-electron chi connectivity index (χ2n) is 7.97. The zero-order valence-electron chi connectivity index (χ0n) is 18.4. The molecule has 29 heavy (non-hydrogen) atoms. The van der Waals surface area contributed by atoms with Crippen LogP contribution in [0.3, 0.4) is 0 Å². The highest BCUT2D eigenvalue weighted by atomic mass is 32.1. The largest absolute Gasteiger partial charge is 0.497 e. The molecule has 0 aliphatic carbocycles. The quantitative estimate of drug-likeness (QED) is 0.226. The predicted molar refractivity (Wildman–Crippen MR) is 125 cm³/mol. The molecule has 0 unspecified atom stereocenters. The molecule has 0 bridgehead atoms. The Morgan fingerprint density at radius 2 is 1.34 bits per heavy atom. The van der Waals surface area contributed by atoms with Crippen LogP contribution in [-0.4, -0.2) is 21.9 Å². The van der Waals surface area contributed by atoms with Gasteiger partial charge in [-0.1, -0.05) is 84.0 Å². The molecule has 0 fully saturated rings. The van der Waals surface area contributed by atoms with Gasteiger partial charge in [0.25, 0.3) is 0 Å². The highest BCUT2D eigenvalue weighted by Gasteiger charge is 2.07. The number of H-pyrrole nitrogens is 1. The number of nitrogens with one attached hydrogen (secondary N) is 1. The van der Waals surface area contributed by atoms with Crippen LogP contribution in [-0.2, 0) is 6.42 Å². The molecule has 1 aromatic carbocycles. The number of hydrogen-bond acceptors (Lipinski definition) is 3. The number of rotatable bonds is 16. The first kappa shape index (κ1) is 23.7. The van der Waals surface area contributed by atoms with E-state index in [-0.39, 0.29) is 0 Å². The van der Waals surface area contributed by atoms with E-state index >= 15 is 0 Å². The first-order valence-electron chi connectivity index (χ1n) is 11.6. The minimum absolute atomic E-state index is 0.547. The number of methoxy groups -OCH3 is 1. The fourth-order valence-corrected chi connectivity index (χ4v) is 3.96. The number of ether oxygens (including phenoxy) is 1. The Kier molecular flexibility index (Phi) is 11.7. The first-order chi connectivity index (χ1) is 14.2. The lowest BCUT2D eigenvalue weighted by atomic mass is 10.0. The number of aryl methyl sites for hydroxylation is 1. The van der Waals surface area contributed by atoms with Crippen molar-refractivity contribution >= 4 is 12.2 Å². The summed E-state index contributed by atoms with van der Waals surface area (Å²) >= 11 is 5.26. The third-order valence-corrected chi connectivity index (χ3v) is 5.71. The van der Waals surface area contributed by atoms with Gasteiger partial charge < -0.3 is 4.74 Å². The van der Waals surface area contributed by atoms with Crippen molar-refractivity contribution in [3.63, 3.8) is 0 Å². The number of aromatic amines is 1. The topological polar surface area (TPSA) is 42.8 Å². The molecule has 1 heterocycles. The van der Waals surface area contributed by atoms with Crippen LogP contribution in [0.15, 0.2) is 24.3 Å². The molecule has 0 spiro atoms. The Morgan fingerprint density at radius 3 is 1.86 bits per heavy atom. The summed E-state index contributed by atoms with van der Waals surface area (Å²) in [5.74, 6) is 1.87. The van der Waals surface area contributed by atoms with Gasteiger partial charge in [-0.25, -0.2) is 9.67 Å². The summed E-state index contributed by atoms with van der Waals surface area (Å²) in [6, 6.07) is 7.97. The summed E-state index contributed by atoms with van der Waals surface area (Å²) in [6.07, 6.45) is 18.8. The van der Waals surface area contributed by atoms with E-state index in [1.807, 2.05) is 28.9 Å². The maximum Gasteiger partial charge on any atom is 0.213 e. The van der Waals surface area contributed by atoms with Crippen molar-refractivity contribution in [2.45, 2.75) is 96.8 Å². The predicted octanol–water partition coefficient (Wildman–Crippen LogP) is 7.57. The van der Waals surface area contributed by atoms with Crippen LogP contribution in [0.1, 0.15) is 96.2 Å². The molecular formula is C24H39N3OS. The SMILES string of the molecule is CCCCCCCCCCCCCCCc1nc(=S)[nH]n1-c1ccc(OC)cc1. The van der Waals surface area contributed by atoms with E-state index in [1.54, 1.807) is 7.11 Å². The second-order valence-corrected chi connectivity index (χ2v) is 8.36. The number of benzene rings is 1. The van der Waals surface area contributed by atoms with Crippen molar-refractivity contribution < 1.29 is 4.74 Å². The number of aromatic nitrogens is 3. The molecule has 1 aromatic heterocycles. The van der Waals surface area contributed by atoms with E-state index in [0.29, 0.717) is 4.77 Å². The van der Waals surface area contributed by atoms with Crippen LogP contribution in [0.4, 0.5) is 0 Å². The molecule has 2 rings (SSSR count). The Bertz CT molecular complexity index is 720. The molecule has 162 valence electrons. The summed E-state index contributed by atoms with van der Waals surface area (Å²) in [5.41, 5.74) is 1.04. The van der Waals surface area contributed by atoms with Crippen molar-refractivity contribution in [1.29, 1.82) is 0 Å². The van der Waals surface area contributed by atoms with Crippen molar-refractivity contribution in [1.82, 2.24) is 14.8 Å². The zero-order chi connectivity index (χ0) is 20.7. The monoisotopic (exact) mass is 417 g/mol. The van der Waals surface area contributed by atoms with Crippen molar-refractivity contribution in [2.24, 2.45) is 0 Å². The Balaban J connectivity index is 1.58. The summed E-state index contributed by atoms with van der Waals surface area (Å²) in [4.78, 5) is 4.51. The van der Waals surface area contributed by atoms with E-state index in [2.05, 4.69) is 17.0 Å². The van der Waals surface area contributed by atoms with Gasteiger partial charge in [0.1, 0.15) is 11.6 Å². The zero-order valence-corrected chi connectivity index (χ0v) is 19.2. The fraction of sp³-hybridized carbons (Fsp3) is 0.667. The minimum Gasteiger partial charge on any atom is -0.497 e. The Hall–Kier alpha value is -1.62. The molecule has 2 aromatic rings. The lowest BCUT2D eigenvalue weighted by Gasteiger charge is -2.08. The number of hydrogen-bond donors (Lipinski definition) is 1. The van der Waals surface area contributed by atoms with Gasteiger partial charge in [-0.2, -0.15) is 0 Å². The third-order valence-electron chi connectivity index (χ3n) is 5.53. The van der Waals surface area contributed by atoms with Crippen molar-refractivity contribution in [3.05, 3.63) is 34.9 Å². The van der Waals surface area contributed by atoms with Gasteiger partial charge in [-0.05, 0) is 42.9 Å². The summed E-state index contributed by atoms with van der Waals surface area (Å²) < 4.78 is 7.79. The van der Waals surface area contributed by atoms with Gasteiger partial charge in [0.2, 0.25) is 4.77 Å². The molecule has 0 radical (unpaired) electrons. The van der Waals surface area contributed by atoms with E-state index in [0.717, 1.165) is 30.1 Å². The lowest BCUT2D eigenvalue weighted by molar-refractivity contribution is 0.414. The van der Waals surface area contributed by atoms with Crippen molar-refractivity contribution in [3.8, 4) is 11.4 Å². The van der Waals surface area contributed by atoms with E-state index in [4.69, 9.17) is 17.0 Å². The van der Waals surface area contributed by atoms with E-state index in [9.17, 15) is 0 Å². The van der Waals surface area contributed by atoms with Crippen LogP contribution < -0.4 is 4.74 Å². The van der Waals surface area contributed by atoms with Gasteiger partial charge >= 0.3 is 0 Å². The highest BCUT2D eigenvalue weighted by molar-refractivity contribution is 7.71. The van der Waals surface area contributed by atoms with Crippen LogP contribution in [0.5, 0.6) is 5.75 Å². The average molecular weight is 418 g/mol. The normalized spacial score (nSPS) is 11.1. The molecule has 0 amide bonds. The number of nitrogens with zero attached hydrogens (tertiary/aromatic N) is 2. The Labute approximate surface area is 182 Å². The molecule has 0 aliphatic rings. The van der Waals surface area contributed by atoms with Crippen molar-refractivity contribution in [2.75, 3.05) is 7.11 Å². The molecule has 4 nitrogen and oxygen atoms in total. The first-order valence-corrected chi connectivity index (χ1v) is 12.0. The molecule has 0 saturated carbocycles. The van der Waals surface area contributed by atoms with Gasteiger partial charge in [0.05, 0.1) is 12.8 Å². The minimum atomic E-state index is 0.547. The highest BCUT2D eigenvalue weighted by Crippen LogP contribution is 2.17. The molecule has 0 aliphatic heterocycles. The van der Waals surface area contributed by atoms with E-state index < -0.39 is 0 Å². The summed E-state index contributed by atoms with van der Waals surface area (Å²) in [6.45, 7) is 2.28. The van der Waals surface area contributed by atoms with E-state index in [1.165, 1.54) is 77.0 Å². The van der Waals surface area contributed by atoms with Crippen LogP contribution in [0.25, 0.3) is 5.69 Å². The standard InChI is InChI=1S/C24H39N3OS/c1-3-4-5-6-7-8-9-10-11-12-13-14-15-16-23-25-24(29)26-27(23)21-17-19-22(28-2)20-18-21/h17-20H,3-16H2,1-2H3,(H,26,29). The third kappa shape index (κ3) is 9.16. The Morgan fingerprint density at radius 1 is 0.828 bits per heavy atom. The maximum atomic E-state index is 5.26. The van der Waals surface area contributed by atoms with Gasteiger partial charge in [-0.15, -0.1) is 0 Å². The van der Waals surface area contributed by atoms with Gasteiger partial charge in [0.15, 0.2) is 0 Å². The summed E-state index contributed by atoms with van der Waals surface area (Å²) in [7, 11) is 1.68. The van der Waals surface area contributed by atoms with Gasteiger partial charge in [0, 0.05) is 6.42 Å². The molecule has 0 atom stereocenters.